The molecule has 3 nitrogen and oxygen atoms in total. The number of nitrogens with zero attached hydrogens (tertiary/aromatic N) is 1. The second-order valence-electron chi connectivity index (χ2n) is 3.22. The molecule has 0 bridgehead atoms. The van der Waals surface area contributed by atoms with Crippen LogP contribution in [0.2, 0.25) is 5.02 Å². The third-order valence-electron chi connectivity index (χ3n) is 1.96. The Labute approximate surface area is 97.8 Å². The highest BCUT2D eigenvalue weighted by Crippen LogP contribution is 2.22. The lowest BCUT2D eigenvalue weighted by Gasteiger charge is -2.17. The van der Waals surface area contributed by atoms with Crippen LogP contribution in [-0.2, 0) is 4.79 Å². The van der Waals surface area contributed by atoms with E-state index in [1.54, 1.807) is 11.9 Å². The van der Waals surface area contributed by atoms with Crippen LogP contribution in [0.3, 0.4) is 0 Å². The number of hydrogen-bond acceptors (Lipinski definition) is 2. The molecule has 0 aliphatic carbocycles. The number of likely N-dealkylation sites (N-methyl/N-ethyl adjacent to an activating group) is 1. The SMILES string of the molecule is CN(C/C=C/C(=O)O)c1cc(Cl)ccc1F. The molecule has 0 saturated heterocycles. The van der Waals surface area contributed by atoms with Crippen molar-refractivity contribution in [1.29, 1.82) is 0 Å². The number of anilines is 1. The molecule has 0 atom stereocenters. The number of benzene rings is 1. The van der Waals surface area contributed by atoms with Crippen LogP contribution in [0.25, 0.3) is 0 Å². The number of halogens is 2. The maximum Gasteiger partial charge on any atom is 0.328 e. The van der Waals surface area contributed by atoms with Crippen molar-refractivity contribution in [2.75, 3.05) is 18.5 Å². The molecular formula is C11H11ClFNO2. The molecule has 0 heterocycles. The molecule has 0 amide bonds. The fourth-order valence-corrected chi connectivity index (χ4v) is 1.35. The minimum absolute atomic E-state index is 0.295. The van der Waals surface area contributed by atoms with Gasteiger partial charge in [0, 0.05) is 24.7 Å². The van der Waals surface area contributed by atoms with E-state index in [1.165, 1.54) is 24.3 Å². The third kappa shape index (κ3) is 3.55. The zero-order valence-corrected chi connectivity index (χ0v) is 9.41. The highest BCUT2D eigenvalue weighted by molar-refractivity contribution is 6.30. The summed E-state index contributed by atoms with van der Waals surface area (Å²) in [4.78, 5) is 11.8. The van der Waals surface area contributed by atoms with Crippen molar-refractivity contribution < 1.29 is 14.3 Å². The Morgan fingerprint density at radius 3 is 2.94 bits per heavy atom. The van der Waals surface area contributed by atoms with E-state index in [1.807, 2.05) is 0 Å². The predicted molar refractivity (Wildman–Crippen MR) is 61.5 cm³/mol. The van der Waals surface area contributed by atoms with Crippen molar-refractivity contribution >= 4 is 23.3 Å². The number of carboxylic acids is 1. The molecule has 1 aromatic rings. The Bertz CT molecular complexity index is 420. The molecule has 86 valence electrons. The van der Waals surface area contributed by atoms with Crippen molar-refractivity contribution in [1.82, 2.24) is 0 Å². The van der Waals surface area contributed by atoms with Crippen LogP contribution in [0.15, 0.2) is 30.4 Å². The minimum atomic E-state index is -1.03. The average Bonchev–Trinajstić information content (AvgIpc) is 2.21. The number of carboxylic acid groups (broad SMARTS) is 1. The number of aliphatic carboxylic acids is 1. The molecule has 0 aliphatic heterocycles. The molecule has 0 saturated carbocycles. The fraction of sp³-hybridized carbons (Fsp3) is 0.182. The van der Waals surface area contributed by atoms with E-state index in [-0.39, 0.29) is 0 Å². The second-order valence-corrected chi connectivity index (χ2v) is 3.65. The van der Waals surface area contributed by atoms with Crippen LogP contribution < -0.4 is 4.90 Å². The minimum Gasteiger partial charge on any atom is -0.478 e. The van der Waals surface area contributed by atoms with Crippen molar-refractivity contribution in [2.45, 2.75) is 0 Å². The van der Waals surface area contributed by atoms with E-state index in [0.717, 1.165) is 6.08 Å². The molecule has 0 aliphatic rings. The normalized spacial score (nSPS) is 10.7. The van der Waals surface area contributed by atoms with Crippen molar-refractivity contribution in [3.8, 4) is 0 Å². The number of hydrogen-bond donors (Lipinski definition) is 1. The Hall–Kier alpha value is -1.55. The average molecular weight is 244 g/mol. The molecule has 5 heteroatoms. The number of carbonyl (C=O) groups is 1. The lowest BCUT2D eigenvalue weighted by Crippen LogP contribution is -2.18. The monoisotopic (exact) mass is 243 g/mol. The van der Waals surface area contributed by atoms with E-state index in [9.17, 15) is 9.18 Å². The van der Waals surface area contributed by atoms with Gasteiger partial charge in [0.15, 0.2) is 0 Å². The molecular weight excluding hydrogens is 233 g/mol. The lowest BCUT2D eigenvalue weighted by atomic mass is 10.3. The molecule has 0 spiro atoms. The van der Waals surface area contributed by atoms with E-state index < -0.39 is 11.8 Å². The van der Waals surface area contributed by atoms with Gasteiger partial charge in [-0.05, 0) is 18.2 Å². The summed E-state index contributed by atoms with van der Waals surface area (Å²) in [6.45, 7) is 0.295. The molecule has 1 rings (SSSR count). The van der Waals surface area contributed by atoms with E-state index in [4.69, 9.17) is 16.7 Å². The van der Waals surface area contributed by atoms with Crippen molar-refractivity contribution in [3.05, 3.63) is 41.2 Å². The molecule has 16 heavy (non-hydrogen) atoms. The zero-order chi connectivity index (χ0) is 12.1. The zero-order valence-electron chi connectivity index (χ0n) is 8.65. The molecule has 1 N–H and O–H groups in total. The van der Waals surface area contributed by atoms with Gasteiger partial charge in [0.2, 0.25) is 0 Å². The smallest absolute Gasteiger partial charge is 0.328 e. The van der Waals surface area contributed by atoms with Gasteiger partial charge in [0.25, 0.3) is 0 Å². The topological polar surface area (TPSA) is 40.5 Å². The lowest BCUT2D eigenvalue weighted by molar-refractivity contribution is -0.131. The first-order valence-corrected chi connectivity index (χ1v) is 4.94. The van der Waals surface area contributed by atoms with Gasteiger partial charge in [-0.2, -0.15) is 0 Å². The van der Waals surface area contributed by atoms with E-state index in [0.29, 0.717) is 17.3 Å². The molecule has 0 fully saturated rings. The van der Waals surface area contributed by atoms with Gasteiger partial charge in [-0.25, -0.2) is 9.18 Å². The Morgan fingerprint density at radius 2 is 2.31 bits per heavy atom. The Morgan fingerprint density at radius 1 is 1.62 bits per heavy atom. The van der Waals surface area contributed by atoms with Gasteiger partial charge in [0.05, 0.1) is 5.69 Å². The Kier molecular flexibility index (Phi) is 4.31. The maximum absolute atomic E-state index is 13.4. The van der Waals surface area contributed by atoms with E-state index in [2.05, 4.69) is 0 Å². The van der Waals surface area contributed by atoms with Crippen LogP contribution >= 0.6 is 11.6 Å². The van der Waals surface area contributed by atoms with Crippen molar-refractivity contribution in [3.63, 3.8) is 0 Å². The summed E-state index contributed by atoms with van der Waals surface area (Å²) in [5.74, 6) is -1.42. The van der Waals surface area contributed by atoms with Crippen LogP contribution in [0.1, 0.15) is 0 Å². The molecule has 0 aromatic heterocycles. The molecule has 1 aromatic carbocycles. The standard InChI is InChI=1S/C11H11ClFNO2/c1-14(6-2-3-11(15)16)10-7-8(12)4-5-9(10)13/h2-5,7H,6H2,1H3,(H,15,16)/b3-2+. The van der Waals surface area contributed by atoms with Gasteiger partial charge < -0.3 is 10.0 Å². The van der Waals surface area contributed by atoms with Crippen molar-refractivity contribution in [2.24, 2.45) is 0 Å². The third-order valence-corrected chi connectivity index (χ3v) is 2.19. The summed E-state index contributed by atoms with van der Waals surface area (Å²) in [6, 6.07) is 4.22. The van der Waals surface area contributed by atoms with Crippen LogP contribution in [0.5, 0.6) is 0 Å². The molecule has 0 unspecified atom stereocenters. The Balaban J connectivity index is 2.76. The highest BCUT2D eigenvalue weighted by atomic mass is 35.5. The van der Waals surface area contributed by atoms with Crippen LogP contribution in [-0.4, -0.2) is 24.7 Å². The summed E-state index contributed by atoms with van der Waals surface area (Å²) in [7, 11) is 1.65. The fourth-order valence-electron chi connectivity index (χ4n) is 1.19. The van der Waals surface area contributed by atoms with E-state index >= 15 is 0 Å². The summed E-state index contributed by atoms with van der Waals surface area (Å²) < 4.78 is 13.4. The quantitative estimate of drug-likeness (QED) is 0.827. The first kappa shape index (κ1) is 12.5. The van der Waals surface area contributed by atoms with Gasteiger partial charge in [-0.3, -0.25) is 0 Å². The summed E-state index contributed by atoms with van der Waals surface area (Å²) in [5.41, 5.74) is 0.336. The summed E-state index contributed by atoms with van der Waals surface area (Å²) in [5, 5.41) is 8.83. The first-order valence-electron chi connectivity index (χ1n) is 4.56. The van der Waals surface area contributed by atoms with Gasteiger partial charge in [-0.1, -0.05) is 17.7 Å². The van der Waals surface area contributed by atoms with Gasteiger partial charge in [0.1, 0.15) is 5.82 Å². The largest absolute Gasteiger partial charge is 0.478 e. The summed E-state index contributed by atoms with van der Waals surface area (Å²) in [6.07, 6.45) is 2.45. The predicted octanol–water partition coefficient (Wildman–Crippen LogP) is 2.56. The number of rotatable bonds is 4. The first-order chi connectivity index (χ1) is 7.50. The molecule has 0 radical (unpaired) electrons. The summed E-state index contributed by atoms with van der Waals surface area (Å²) >= 11 is 5.74. The highest BCUT2D eigenvalue weighted by Gasteiger charge is 2.06. The second kappa shape index (κ2) is 5.51. The van der Waals surface area contributed by atoms with Crippen LogP contribution in [0.4, 0.5) is 10.1 Å². The maximum atomic E-state index is 13.4. The van der Waals surface area contributed by atoms with Gasteiger partial charge in [-0.15, -0.1) is 0 Å². The van der Waals surface area contributed by atoms with Gasteiger partial charge >= 0.3 is 5.97 Å². The van der Waals surface area contributed by atoms with Crippen LogP contribution in [0, 0.1) is 5.82 Å².